The summed E-state index contributed by atoms with van der Waals surface area (Å²) in [5.74, 6) is 0. The largest absolute Gasteiger partial charge is 0.375 e. The molecule has 4 heteroatoms. The summed E-state index contributed by atoms with van der Waals surface area (Å²) in [6, 6.07) is 3.88. The summed E-state index contributed by atoms with van der Waals surface area (Å²) in [5.41, 5.74) is 0.925. The number of hydrogen-bond acceptors (Lipinski definition) is 4. The Bertz CT molecular complexity index is 360. The van der Waals surface area contributed by atoms with Gasteiger partial charge < -0.3 is 9.47 Å². The molecule has 1 fully saturated rings. The Hall–Kier alpha value is -1.36. The molecule has 3 atom stereocenters. The van der Waals surface area contributed by atoms with Gasteiger partial charge in [0, 0.05) is 13.0 Å². The highest BCUT2D eigenvalue weighted by Gasteiger charge is 2.36. The van der Waals surface area contributed by atoms with Crippen molar-refractivity contribution >= 4 is 0 Å². The van der Waals surface area contributed by atoms with E-state index < -0.39 is 0 Å². The average Bonchev–Trinajstić information content (AvgIpc) is 2.67. The predicted octanol–water partition coefficient (Wildman–Crippen LogP) is 2.32. The second kappa shape index (κ2) is 6.39. The number of hydrogen-bond donors (Lipinski definition) is 0. The summed E-state index contributed by atoms with van der Waals surface area (Å²) >= 11 is 0. The van der Waals surface area contributed by atoms with Crippen molar-refractivity contribution in [3.05, 3.63) is 11.1 Å². The van der Waals surface area contributed by atoms with Crippen LogP contribution in [-0.4, -0.2) is 24.9 Å². The third-order valence-corrected chi connectivity index (χ3v) is 2.93. The minimum absolute atomic E-state index is 0.0401. The van der Waals surface area contributed by atoms with Crippen LogP contribution in [0.15, 0.2) is 11.1 Å². The normalized spacial score (nSPS) is 27.2. The minimum Gasteiger partial charge on any atom is -0.375 e. The van der Waals surface area contributed by atoms with Crippen LogP contribution < -0.4 is 0 Å². The van der Waals surface area contributed by atoms with Gasteiger partial charge in [0.25, 0.3) is 0 Å². The molecule has 0 amide bonds. The van der Waals surface area contributed by atoms with Crippen molar-refractivity contribution in [3.8, 4) is 12.1 Å². The van der Waals surface area contributed by atoms with E-state index in [9.17, 15) is 0 Å². The van der Waals surface area contributed by atoms with E-state index in [2.05, 4.69) is 0 Å². The van der Waals surface area contributed by atoms with Crippen molar-refractivity contribution < 1.29 is 9.47 Å². The molecule has 0 N–H and O–H groups in total. The second-order valence-electron chi connectivity index (χ2n) is 4.07. The second-order valence-corrected chi connectivity index (χ2v) is 4.07. The molecule has 0 saturated carbocycles. The molecule has 0 bridgehead atoms. The number of nitriles is 2. The van der Waals surface area contributed by atoms with Crippen molar-refractivity contribution in [1.82, 2.24) is 0 Å². The standard InChI is InChI=1S/C13H18N2O2/c1-4-11(10(7-14)8-15)13-12(16-5-2)6-9(3)17-13/h9,12-13H,4-6H2,1-3H3/t9-,12+,13+/m1/s1. The predicted molar refractivity (Wildman–Crippen MR) is 62.9 cm³/mol. The smallest absolute Gasteiger partial charge is 0.131 e. The summed E-state index contributed by atoms with van der Waals surface area (Å²) in [5, 5.41) is 17.9. The SMILES string of the molecule is CCO[C@H]1C[C@@H](C)O[C@H]1C(CC)=C(C#N)C#N. The lowest BCUT2D eigenvalue weighted by Gasteiger charge is -2.20. The highest BCUT2D eigenvalue weighted by atomic mass is 16.6. The molecule has 17 heavy (non-hydrogen) atoms. The maximum Gasteiger partial charge on any atom is 0.131 e. The van der Waals surface area contributed by atoms with Crippen LogP contribution in [0.3, 0.4) is 0 Å². The van der Waals surface area contributed by atoms with E-state index in [-0.39, 0.29) is 23.9 Å². The molecule has 0 aromatic carbocycles. The zero-order chi connectivity index (χ0) is 12.8. The zero-order valence-electron chi connectivity index (χ0n) is 10.6. The van der Waals surface area contributed by atoms with Gasteiger partial charge in [-0.2, -0.15) is 10.5 Å². The molecule has 1 aliphatic rings. The molecule has 0 radical (unpaired) electrons. The van der Waals surface area contributed by atoms with Crippen LogP contribution in [0.1, 0.15) is 33.6 Å². The fourth-order valence-corrected chi connectivity index (χ4v) is 2.21. The summed E-state index contributed by atoms with van der Waals surface area (Å²) in [7, 11) is 0. The van der Waals surface area contributed by atoms with E-state index in [4.69, 9.17) is 20.0 Å². The number of nitrogens with zero attached hydrogens (tertiary/aromatic N) is 2. The van der Waals surface area contributed by atoms with E-state index in [0.29, 0.717) is 13.0 Å². The van der Waals surface area contributed by atoms with Crippen LogP contribution in [0.25, 0.3) is 0 Å². The summed E-state index contributed by atoms with van der Waals surface area (Å²) in [4.78, 5) is 0. The lowest BCUT2D eigenvalue weighted by atomic mass is 9.97. The van der Waals surface area contributed by atoms with E-state index in [1.54, 1.807) is 0 Å². The van der Waals surface area contributed by atoms with Gasteiger partial charge >= 0.3 is 0 Å². The number of allylic oxidation sites excluding steroid dienone is 1. The Labute approximate surface area is 102 Å². The maximum absolute atomic E-state index is 8.94. The van der Waals surface area contributed by atoms with Crippen molar-refractivity contribution in [1.29, 1.82) is 10.5 Å². The molecular formula is C13H18N2O2. The van der Waals surface area contributed by atoms with Crippen LogP contribution >= 0.6 is 0 Å². The van der Waals surface area contributed by atoms with Crippen LogP contribution in [-0.2, 0) is 9.47 Å². The third kappa shape index (κ3) is 3.06. The Morgan fingerprint density at radius 1 is 1.35 bits per heavy atom. The summed E-state index contributed by atoms with van der Waals surface area (Å²) in [6.45, 7) is 6.46. The van der Waals surface area contributed by atoms with Gasteiger partial charge in [0.1, 0.15) is 23.8 Å². The van der Waals surface area contributed by atoms with Crippen LogP contribution in [0.2, 0.25) is 0 Å². The monoisotopic (exact) mass is 234 g/mol. The van der Waals surface area contributed by atoms with Crippen molar-refractivity contribution in [2.75, 3.05) is 6.61 Å². The quantitative estimate of drug-likeness (QED) is 0.700. The molecule has 1 rings (SSSR count). The molecular weight excluding hydrogens is 216 g/mol. The fraction of sp³-hybridized carbons (Fsp3) is 0.692. The van der Waals surface area contributed by atoms with E-state index >= 15 is 0 Å². The zero-order valence-corrected chi connectivity index (χ0v) is 10.6. The summed E-state index contributed by atoms with van der Waals surface area (Å²) in [6.07, 6.45) is 1.27. The molecule has 1 aliphatic heterocycles. The average molecular weight is 234 g/mol. The topological polar surface area (TPSA) is 66.0 Å². The highest BCUT2D eigenvalue weighted by Crippen LogP contribution is 2.31. The lowest BCUT2D eigenvalue weighted by Crippen LogP contribution is -2.27. The Kier molecular flexibility index (Phi) is 5.15. The Balaban J connectivity index is 3.00. The molecule has 0 aromatic heterocycles. The molecule has 0 spiro atoms. The van der Waals surface area contributed by atoms with Gasteiger partial charge in [0.05, 0.1) is 12.2 Å². The van der Waals surface area contributed by atoms with E-state index in [0.717, 1.165) is 12.0 Å². The Morgan fingerprint density at radius 3 is 2.47 bits per heavy atom. The van der Waals surface area contributed by atoms with Crippen molar-refractivity contribution in [2.24, 2.45) is 0 Å². The molecule has 0 unspecified atom stereocenters. The molecule has 0 aliphatic carbocycles. The van der Waals surface area contributed by atoms with Crippen molar-refractivity contribution in [2.45, 2.75) is 51.9 Å². The molecule has 1 heterocycles. The first-order valence-electron chi connectivity index (χ1n) is 5.98. The highest BCUT2D eigenvalue weighted by molar-refractivity contribution is 5.42. The van der Waals surface area contributed by atoms with Crippen LogP contribution in [0.5, 0.6) is 0 Å². The van der Waals surface area contributed by atoms with Gasteiger partial charge in [-0.05, 0) is 25.8 Å². The van der Waals surface area contributed by atoms with Crippen LogP contribution in [0.4, 0.5) is 0 Å². The first-order chi connectivity index (χ1) is 8.17. The van der Waals surface area contributed by atoms with Gasteiger partial charge in [-0.3, -0.25) is 0 Å². The molecule has 4 nitrogen and oxygen atoms in total. The van der Waals surface area contributed by atoms with Gasteiger partial charge in [0.2, 0.25) is 0 Å². The number of rotatable bonds is 4. The van der Waals surface area contributed by atoms with Gasteiger partial charge in [-0.1, -0.05) is 6.92 Å². The van der Waals surface area contributed by atoms with E-state index in [1.165, 1.54) is 0 Å². The molecule has 1 saturated heterocycles. The molecule has 92 valence electrons. The first kappa shape index (κ1) is 13.7. The Morgan fingerprint density at radius 2 is 2.00 bits per heavy atom. The minimum atomic E-state index is -0.246. The molecule has 0 aromatic rings. The van der Waals surface area contributed by atoms with Crippen LogP contribution in [0, 0.1) is 22.7 Å². The van der Waals surface area contributed by atoms with Gasteiger partial charge in [-0.15, -0.1) is 0 Å². The maximum atomic E-state index is 8.94. The van der Waals surface area contributed by atoms with E-state index in [1.807, 2.05) is 32.9 Å². The first-order valence-corrected chi connectivity index (χ1v) is 5.98. The van der Waals surface area contributed by atoms with Crippen molar-refractivity contribution in [3.63, 3.8) is 0 Å². The third-order valence-electron chi connectivity index (χ3n) is 2.93. The van der Waals surface area contributed by atoms with Gasteiger partial charge in [-0.25, -0.2) is 0 Å². The van der Waals surface area contributed by atoms with Gasteiger partial charge in [0.15, 0.2) is 0 Å². The lowest BCUT2D eigenvalue weighted by molar-refractivity contribution is 0.00173. The summed E-state index contributed by atoms with van der Waals surface area (Å²) < 4.78 is 11.4. The number of ether oxygens (including phenoxy) is 2. The fourth-order valence-electron chi connectivity index (χ4n) is 2.21.